The molecule has 1 aromatic rings. The molecule has 1 atom stereocenters. The Balaban J connectivity index is 2.41. The molecule has 88 valence electrons. The zero-order valence-corrected chi connectivity index (χ0v) is 9.46. The summed E-state index contributed by atoms with van der Waals surface area (Å²) < 4.78 is 5.16. The molecule has 4 nitrogen and oxygen atoms in total. The van der Waals surface area contributed by atoms with Crippen molar-refractivity contribution in [1.29, 1.82) is 0 Å². The molecule has 0 bridgehead atoms. The van der Waals surface area contributed by atoms with E-state index in [0.717, 1.165) is 11.1 Å². The molecule has 1 unspecified atom stereocenters. The Labute approximate surface area is 99.3 Å². The maximum absolute atomic E-state index is 10.9. The van der Waals surface area contributed by atoms with E-state index in [1.54, 1.807) is 18.5 Å². The molecule has 1 N–H and O–H groups in total. The molecule has 1 aromatic heterocycles. The highest BCUT2D eigenvalue weighted by Crippen LogP contribution is 2.30. The minimum absolute atomic E-state index is 0.000283. The van der Waals surface area contributed by atoms with E-state index in [2.05, 4.69) is 4.98 Å². The first-order valence-electron chi connectivity index (χ1n) is 5.28. The van der Waals surface area contributed by atoms with Crippen molar-refractivity contribution < 1.29 is 14.6 Å². The van der Waals surface area contributed by atoms with Crippen LogP contribution in [0.2, 0.25) is 0 Å². The molecule has 17 heavy (non-hydrogen) atoms. The van der Waals surface area contributed by atoms with Gasteiger partial charge in [0.2, 0.25) is 0 Å². The second kappa shape index (κ2) is 4.93. The van der Waals surface area contributed by atoms with Crippen LogP contribution in [0.25, 0.3) is 5.57 Å². The second-order valence-electron chi connectivity index (χ2n) is 3.79. The van der Waals surface area contributed by atoms with Crippen LogP contribution in [0, 0.1) is 0 Å². The number of rotatable bonds is 3. The van der Waals surface area contributed by atoms with Gasteiger partial charge in [0.05, 0.1) is 5.57 Å². The van der Waals surface area contributed by atoms with Crippen LogP contribution in [-0.4, -0.2) is 29.6 Å². The SMILES string of the molecule is COC1CC(c2ccncc2)=CC(C=O)=C1O. The van der Waals surface area contributed by atoms with Crippen molar-refractivity contribution in [2.24, 2.45) is 0 Å². The quantitative estimate of drug-likeness (QED) is 0.807. The van der Waals surface area contributed by atoms with Crippen LogP contribution >= 0.6 is 0 Å². The lowest BCUT2D eigenvalue weighted by atomic mass is 9.91. The van der Waals surface area contributed by atoms with E-state index < -0.39 is 6.10 Å². The van der Waals surface area contributed by atoms with Gasteiger partial charge in [-0.25, -0.2) is 0 Å². The zero-order valence-electron chi connectivity index (χ0n) is 9.46. The summed E-state index contributed by atoms with van der Waals surface area (Å²) in [5, 5.41) is 9.76. The van der Waals surface area contributed by atoms with Crippen molar-refractivity contribution >= 4 is 11.9 Å². The molecule has 1 heterocycles. The van der Waals surface area contributed by atoms with Crippen LogP contribution in [0.1, 0.15) is 12.0 Å². The Morgan fingerprint density at radius 3 is 2.76 bits per heavy atom. The van der Waals surface area contributed by atoms with Crippen molar-refractivity contribution in [3.63, 3.8) is 0 Å². The van der Waals surface area contributed by atoms with Gasteiger partial charge in [-0.05, 0) is 29.3 Å². The normalized spacial score (nSPS) is 20.1. The highest BCUT2D eigenvalue weighted by Gasteiger charge is 2.23. The van der Waals surface area contributed by atoms with Crippen LogP contribution in [-0.2, 0) is 9.53 Å². The summed E-state index contributed by atoms with van der Waals surface area (Å²) in [6, 6.07) is 3.73. The third kappa shape index (κ3) is 2.26. The number of carbonyl (C=O) groups is 1. The number of aliphatic hydroxyl groups is 1. The summed E-state index contributed by atoms with van der Waals surface area (Å²) in [7, 11) is 1.51. The first kappa shape index (κ1) is 11.5. The maximum atomic E-state index is 10.9. The van der Waals surface area contributed by atoms with Gasteiger partial charge in [0.15, 0.2) is 6.29 Å². The summed E-state index contributed by atoms with van der Waals surface area (Å²) in [6.45, 7) is 0. The Kier molecular flexibility index (Phi) is 3.35. The smallest absolute Gasteiger partial charge is 0.153 e. The fourth-order valence-electron chi connectivity index (χ4n) is 1.86. The van der Waals surface area contributed by atoms with E-state index in [1.807, 2.05) is 12.1 Å². The first-order valence-corrected chi connectivity index (χ1v) is 5.28. The van der Waals surface area contributed by atoms with Crippen molar-refractivity contribution in [3.8, 4) is 0 Å². The topological polar surface area (TPSA) is 59.4 Å². The lowest BCUT2D eigenvalue weighted by molar-refractivity contribution is -0.105. The molecular weight excluding hydrogens is 218 g/mol. The Morgan fingerprint density at radius 1 is 1.47 bits per heavy atom. The lowest BCUT2D eigenvalue weighted by Gasteiger charge is -2.22. The maximum Gasteiger partial charge on any atom is 0.153 e. The van der Waals surface area contributed by atoms with Gasteiger partial charge in [0, 0.05) is 25.9 Å². The molecule has 0 saturated carbocycles. The van der Waals surface area contributed by atoms with Gasteiger partial charge < -0.3 is 9.84 Å². The fourth-order valence-corrected chi connectivity index (χ4v) is 1.86. The minimum Gasteiger partial charge on any atom is -0.509 e. The Bertz CT molecular complexity index is 477. The Morgan fingerprint density at radius 2 is 2.18 bits per heavy atom. The van der Waals surface area contributed by atoms with Crippen molar-refractivity contribution in [1.82, 2.24) is 4.98 Å². The second-order valence-corrected chi connectivity index (χ2v) is 3.79. The number of pyridine rings is 1. The van der Waals surface area contributed by atoms with E-state index in [1.165, 1.54) is 7.11 Å². The highest BCUT2D eigenvalue weighted by molar-refractivity contribution is 5.85. The van der Waals surface area contributed by atoms with E-state index in [-0.39, 0.29) is 11.3 Å². The molecule has 4 heteroatoms. The monoisotopic (exact) mass is 231 g/mol. The van der Waals surface area contributed by atoms with Gasteiger partial charge in [0.1, 0.15) is 11.9 Å². The van der Waals surface area contributed by atoms with Crippen LogP contribution in [0.15, 0.2) is 41.9 Å². The summed E-state index contributed by atoms with van der Waals surface area (Å²) in [6.07, 6.45) is 5.80. The number of aldehydes is 1. The summed E-state index contributed by atoms with van der Waals surface area (Å²) >= 11 is 0. The number of aliphatic hydroxyl groups excluding tert-OH is 1. The summed E-state index contributed by atoms with van der Waals surface area (Å²) in [5.74, 6) is 0.000283. The molecule has 0 amide bonds. The average Bonchev–Trinajstić information content (AvgIpc) is 2.40. The van der Waals surface area contributed by atoms with Gasteiger partial charge in [-0.1, -0.05) is 0 Å². The van der Waals surface area contributed by atoms with Gasteiger partial charge in [-0.3, -0.25) is 9.78 Å². The first-order chi connectivity index (χ1) is 8.26. The van der Waals surface area contributed by atoms with E-state index >= 15 is 0 Å². The zero-order chi connectivity index (χ0) is 12.3. The Hall–Kier alpha value is -1.94. The average molecular weight is 231 g/mol. The van der Waals surface area contributed by atoms with E-state index in [9.17, 15) is 9.90 Å². The van der Waals surface area contributed by atoms with Crippen molar-refractivity contribution in [2.75, 3.05) is 7.11 Å². The number of aromatic nitrogens is 1. The molecule has 2 rings (SSSR count). The predicted molar refractivity (Wildman–Crippen MR) is 63.3 cm³/mol. The van der Waals surface area contributed by atoms with Gasteiger partial charge in [-0.2, -0.15) is 0 Å². The van der Waals surface area contributed by atoms with Crippen LogP contribution < -0.4 is 0 Å². The largest absolute Gasteiger partial charge is 0.509 e. The van der Waals surface area contributed by atoms with Crippen molar-refractivity contribution in [3.05, 3.63) is 47.5 Å². The molecule has 0 saturated heterocycles. The molecule has 1 aliphatic carbocycles. The van der Waals surface area contributed by atoms with Gasteiger partial charge in [-0.15, -0.1) is 0 Å². The van der Waals surface area contributed by atoms with E-state index in [4.69, 9.17) is 4.74 Å². The summed E-state index contributed by atoms with van der Waals surface area (Å²) in [5.41, 5.74) is 2.21. The number of hydrogen-bond donors (Lipinski definition) is 1. The molecule has 0 radical (unpaired) electrons. The van der Waals surface area contributed by atoms with Crippen LogP contribution in [0.3, 0.4) is 0 Å². The number of hydrogen-bond acceptors (Lipinski definition) is 4. The number of methoxy groups -OCH3 is 1. The number of nitrogens with zero attached hydrogens (tertiary/aromatic N) is 1. The molecule has 0 fully saturated rings. The van der Waals surface area contributed by atoms with E-state index in [0.29, 0.717) is 12.7 Å². The third-order valence-corrected chi connectivity index (χ3v) is 2.80. The van der Waals surface area contributed by atoms with Crippen LogP contribution in [0.4, 0.5) is 0 Å². The minimum atomic E-state index is -0.455. The van der Waals surface area contributed by atoms with Gasteiger partial charge in [0.25, 0.3) is 0 Å². The number of ether oxygens (including phenoxy) is 1. The third-order valence-electron chi connectivity index (χ3n) is 2.80. The number of carbonyl (C=O) groups excluding carboxylic acids is 1. The fraction of sp³-hybridized carbons (Fsp3) is 0.231. The molecular formula is C13H13NO3. The molecule has 0 spiro atoms. The molecule has 1 aliphatic rings. The lowest BCUT2D eigenvalue weighted by Crippen LogP contribution is -2.19. The van der Waals surface area contributed by atoms with Crippen LogP contribution in [0.5, 0.6) is 0 Å². The standard InChI is InChI=1S/C13H13NO3/c1-17-12-7-10(6-11(8-15)13(12)16)9-2-4-14-5-3-9/h2-6,8,12,16H,7H2,1H3. The molecule has 0 aliphatic heterocycles. The predicted octanol–water partition coefficient (Wildman–Crippen LogP) is 1.89. The molecule has 0 aromatic carbocycles. The summed E-state index contributed by atoms with van der Waals surface area (Å²) in [4.78, 5) is 14.8. The van der Waals surface area contributed by atoms with Gasteiger partial charge >= 0.3 is 0 Å². The van der Waals surface area contributed by atoms with Crippen molar-refractivity contribution in [2.45, 2.75) is 12.5 Å². The highest BCUT2D eigenvalue weighted by atomic mass is 16.5. The number of allylic oxidation sites excluding steroid dienone is 2.